The van der Waals surface area contributed by atoms with Crippen LogP contribution < -0.4 is 10.1 Å². The van der Waals surface area contributed by atoms with Gasteiger partial charge in [-0.05, 0) is 59.9 Å². The van der Waals surface area contributed by atoms with Crippen molar-refractivity contribution in [1.29, 1.82) is 0 Å². The minimum Gasteiger partial charge on any atom is -0.432 e. The number of rotatable bonds is 3. The lowest BCUT2D eigenvalue weighted by molar-refractivity contribution is -0.187. The Bertz CT molecular complexity index is 1090. The van der Waals surface area contributed by atoms with Gasteiger partial charge >= 0.3 is 6.11 Å². The molecule has 2 aliphatic rings. The fraction of sp³-hybridized carbons (Fsp3) is 0.333. The first-order valence-electron chi connectivity index (χ1n) is 10.4. The number of halogens is 3. The Morgan fingerprint density at radius 1 is 1.20 bits per heavy atom. The number of nitrogens with one attached hydrogen (secondary N) is 1. The van der Waals surface area contributed by atoms with E-state index in [0.717, 1.165) is 35.3 Å². The summed E-state index contributed by atoms with van der Waals surface area (Å²) in [5.41, 5.74) is 5.26. The Morgan fingerprint density at radius 3 is 2.90 bits per heavy atom. The molecule has 1 N–H and O–H groups in total. The molecule has 0 aliphatic carbocycles. The van der Waals surface area contributed by atoms with Crippen LogP contribution in [0.1, 0.15) is 60.7 Å². The molecule has 156 valence electrons. The zero-order valence-corrected chi connectivity index (χ0v) is 17.4. The lowest BCUT2D eigenvalue weighted by Gasteiger charge is -2.28. The fourth-order valence-corrected chi connectivity index (χ4v) is 4.77. The van der Waals surface area contributed by atoms with Crippen LogP contribution in [0.4, 0.5) is 8.78 Å². The molecule has 2 aromatic carbocycles. The third-order valence-corrected chi connectivity index (χ3v) is 6.25. The smallest absolute Gasteiger partial charge is 0.398 e. The van der Waals surface area contributed by atoms with Crippen molar-refractivity contribution >= 4 is 11.6 Å². The second-order valence-electron chi connectivity index (χ2n) is 8.05. The van der Waals surface area contributed by atoms with Gasteiger partial charge in [0.2, 0.25) is 0 Å². The van der Waals surface area contributed by atoms with E-state index in [4.69, 9.17) is 16.3 Å². The van der Waals surface area contributed by atoms with Crippen LogP contribution in [0.5, 0.6) is 5.75 Å². The van der Waals surface area contributed by atoms with E-state index < -0.39 is 6.11 Å². The Labute approximate surface area is 179 Å². The molecule has 0 saturated carbocycles. The number of aromatic nitrogens is 1. The van der Waals surface area contributed by atoms with Gasteiger partial charge in [0.25, 0.3) is 0 Å². The monoisotopic (exact) mass is 428 g/mol. The van der Waals surface area contributed by atoms with E-state index in [2.05, 4.69) is 35.1 Å². The number of benzene rings is 2. The van der Waals surface area contributed by atoms with Crippen LogP contribution in [0, 0.1) is 0 Å². The first kappa shape index (κ1) is 19.6. The highest BCUT2D eigenvalue weighted by atomic mass is 35.5. The van der Waals surface area contributed by atoms with Crippen LogP contribution in [-0.4, -0.2) is 10.7 Å². The lowest BCUT2D eigenvalue weighted by atomic mass is 9.95. The minimum atomic E-state index is -3.09. The summed E-state index contributed by atoms with van der Waals surface area (Å²) in [6.45, 7) is 2.17. The summed E-state index contributed by atoms with van der Waals surface area (Å²) in [5, 5.41) is 4.52. The quantitative estimate of drug-likeness (QED) is 0.509. The molecule has 1 aromatic heterocycles. The Balaban J connectivity index is 1.61. The molecule has 0 saturated heterocycles. The summed E-state index contributed by atoms with van der Waals surface area (Å²) in [5.74, 6) is 0.277. The van der Waals surface area contributed by atoms with Crippen molar-refractivity contribution in [2.45, 2.75) is 50.8 Å². The molecule has 0 spiro atoms. The maximum Gasteiger partial charge on any atom is 0.398 e. The number of hydrogen-bond acceptors (Lipinski definition) is 2. The zero-order valence-electron chi connectivity index (χ0n) is 16.7. The van der Waals surface area contributed by atoms with E-state index in [0.29, 0.717) is 11.4 Å². The number of aryl methyl sites for hydroxylation is 1. The minimum absolute atomic E-state index is 0.0736. The summed E-state index contributed by atoms with van der Waals surface area (Å²) in [6.07, 6.45) is 0.996. The topological polar surface area (TPSA) is 26.2 Å². The highest BCUT2D eigenvalue weighted by molar-refractivity contribution is 6.30. The molecule has 0 amide bonds. The van der Waals surface area contributed by atoms with Gasteiger partial charge < -0.3 is 9.30 Å². The van der Waals surface area contributed by atoms with Crippen molar-refractivity contribution in [3.8, 4) is 11.4 Å². The molecule has 3 aromatic rings. The van der Waals surface area contributed by atoms with Crippen molar-refractivity contribution in [3.63, 3.8) is 0 Å². The van der Waals surface area contributed by atoms with Crippen LogP contribution in [0.25, 0.3) is 5.69 Å². The number of nitrogens with zero attached hydrogens (tertiary/aromatic N) is 1. The summed E-state index contributed by atoms with van der Waals surface area (Å²) in [6, 6.07) is 15.8. The van der Waals surface area contributed by atoms with E-state index in [-0.39, 0.29) is 24.3 Å². The summed E-state index contributed by atoms with van der Waals surface area (Å²) in [7, 11) is 0. The van der Waals surface area contributed by atoms with Gasteiger partial charge in [0.15, 0.2) is 0 Å². The number of ether oxygens (including phenoxy) is 1. The highest BCUT2D eigenvalue weighted by Crippen LogP contribution is 2.40. The second kappa shape index (κ2) is 7.40. The van der Waals surface area contributed by atoms with Crippen molar-refractivity contribution < 1.29 is 13.5 Å². The molecule has 5 rings (SSSR count). The molecule has 3 heterocycles. The van der Waals surface area contributed by atoms with Gasteiger partial charge in [0.05, 0.1) is 18.2 Å². The third kappa shape index (κ3) is 3.40. The van der Waals surface area contributed by atoms with Gasteiger partial charge in [-0.1, -0.05) is 43.1 Å². The predicted octanol–water partition coefficient (Wildman–Crippen LogP) is 6.58. The maximum atomic E-state index is 13.6. The number of hydrogen-bond donors (Lipinski definition) is 1. The molecule has 3 nitrogen and oxygen atoms in total. The Kier molecular flexibility index (Phi) is 4.83. The number of fused-ring (bicyclic) bond motifs is 4. The van der Waals surface area contributed by atoms with Crippen LogP contribution in [0.15, 0.2) is 54.7 Å². The van der Waals surface area contributed by atoms with Gasteiger partial charge in [-0.2, -0.15) is 8.78 Å². The fourth-order valence-electron chi connectivity index (χ4n) is 4.61. The molecular formula is C24H23ClF2N2O. The van der Waals surface area contributed by atoms with E-state index >= 15 is 0 Å². The highest BCUT2D eigenvalue weighted by Gasteiger charge is 2.37. The van der Waals surface area contributed by atoms with Crippen LogP contribution in [0.2, 0.25) is 5.02 Å². The molecule has 2 unspecified atom stereocenters. The van der Waals surface area contributed by atoms with Crippen molar-refractivity contribution in [2.24, 2.45) is 0 Å². The van der Waals surface area contributed by atoms with Crippen molar-refractivity contribution in [2.75, 3.05) is 0 Å². The standard InChI is InChI=1S/C24H23ClF2N2O/c1-2-4-19-18-8-7-17(25)14-21(18)29-12-3-5-20(29)23(28-19)16-6-9-22-15(13-16)10-11-24(26,27)30-22/h3,5-9,12-14,19,23,28H,2,4,10-11H2,1H3. The van der Waals surface area contributed by atoms with E-state index in [1.807, 2.05) is 30.3 Å². The normalized spacial score (nSPS) is 21.7. The van der Waals surface area contributed by atoms with Gasteiger partial charge in [-0.3, -0.25) is 5.32 Å². The second-order valence-corrected chi connectivity index (χ2v) is 8.49. The Morgan fingerprint density at radius 2 is 2.07 bits per heavy atom. The SMILES string of the molecule is CCCC1NC(c2ccc3c(c2)CCC(F)(F)O3)c2cccn2-c2cc(Cl)ccc21. The van der Waals surface area contributed by atoms with Gasteiger partial charge in [0, 0.05) is 23.0 Å². The van der Waals surface area contributed by atoms with Crippen LogP contribution >= 0.6 is 11.6 Å². The van der Waals surface area contributed by atoms with Crippen LogP contribution in [0.3, 0.4) is 0 Å². The maximum absolute atomic E-state index is 13.6. The molecule has 0 radical (unpaired) electrons. The zero-order chi connectivity index (χ0) is 20.9. The average molecular weight is 429 g/mol. The predicted molar refractivity (Wildman–Crippen MR) is 114 cm³/mol. The number of alkyl halides is 2. The van der Waals surface area contributed by atoms with Gasteiger partial charge in [-0.25, -0.2) is 0 Å². The first-order chi connectivity index (χ1) is 14.4. The van der Waals surface area contributed by atoms with Crippen molar-refractivity contribution in [1.82, 2.24) is 9.88 Å². The van der Waals surface area contributed by atoms with Crippen LogP contribution in [-0.2, 0) is 6.42 Å². The molecule has 2 aliphatic heterocycles. The first-order valence-corrected chi connectivity index (χ1v) is 10.8. The van der Waals surface area contributed by atoms with E-state index in [9.17, 15) is 8.78 Å². The van der Waals surface area contributed by atoms with Gasteiger partial charge in [0.1, 0.15) is 5.75 Å². The van der Waals surface area contributed by atoms with Crippen molar-refractivity contribution in [3.05, 3.63) is 82.1 Å². The summed E-state index contributed by atoms with van der Waals surface area (Å²) in [4.78, 5) is 0. The molecule has 2 atom stereocenters. The Hall–Kier alpha value is -2.37. The molecule has 0 bridgehead atoms. The lowest BCUT2D eigenvalue weighted by Crippen LogP contribution is -2.30. The molecule has 6 heteroatoms. The molecular weight excluding hydrogens is 406 g/mol. The molecule has 30 heavy (non-hydrogen) atoms. The summed E-state index contributed by atoms with van der Waals surface area (Å²) >= 11 is 6.34. The average Bonchev–Trinajstić information content (AvgIpc) is 3.15. The van der Waals surface area contributed by atoms with E-state index in [1.54, 1.807) is 6.07 Å². The van der Waals surface area contributed by atoms with E-state index in [1.165, 1.54) is 5.56 Å². The van der Waals surface area contributed by atoms with Gasteiger partial charge in [-0.15, -0.1) is 0 Å². The molecule has 0 fully saturated rings. The largest absolute Gasteiger partial charge is 0.432 e. The summed E-state index contributed by atoms with van der Waals surface area (Å²) < 4.78 is 34.3. The third-order valence-electron chi connectivity index (χ3n) is 6.01.